The summed E-state index contributed by atoms with van der Waals surface area (Å²) in [5.41, 5.74) is 2.32. The van der Waals surface area contributed by atoms with Crippen molar-refractivity contribution in [1.29, 1.82) is 0 Å². The van der Waals surface area contributed by atoms with E-state index in [0.29, 0.717) is 32.3 Å². The van der Waals surface area contributed by atoms with Gasteiger partial charge in [0.1, 0.15) is 0 Å². The van der Waals surface area contributed by atoms with Crippen LogP contribution in [0.1, 0.15) is 43.0 Å². The Balaban J connectivity index is 1.48. The molecule has 0 bridgehead atoms. The van der Waals surface area contributed by atoms with E-state index in [2.05, 4.69) is 10.6 Å². The maximum atomic E-state index is 12.5. The molecule has 0 fully saturated rings. The number of carbonyl (C=O) groups is 4. The Labute approximate surface area is 256 Å². The molecule has 0 radical (unpaired) electrons. The summed E-state index contributed by atoms with van der Waals surface area (Å²) < 4.78 is 0. The first kappa shape index (κ1) is 30.8. The summed E-state index contributed by atoms with van der Waals surface area (Å²) in [6.07, 6.45) is 5.74. The number of anilines is 2. The van der Waals surface area contributed by atoms with Crippen molar-refractivity contribution in [2.45, 2.75) is 6.42 Å². The summed E-state index contributed by atoms with van der Waals surface area (Å²) in [5.74, 6) is -3.58. The lowest BCUT2D eigenvalue weighted by atomic mass is 9.99. The highest BCUT2D eigenvalue weighted by molar-refractivity contribution is 6.32. The maximum absolute atomic E-state index is 12.5. The first-order valence-electron chi connectivity index (χ1n) is 12.8. The minimum Gasteiger partial charge on any atom is -0.478 e. The SMILES string of the molecule is O=C(/C=C/c1ccccc1Cl)Nc1ccc(Cc2ccc(NC(=O)/C=C/c3ccccc3Cl)c(C(=O)O)c2)cc1C(=O)O. The predicted molar refractivity (Wildman–Crippen MR) is 168 cm³/mol. The van der Waals surface area contributed by atoms with E-state index in [4.69, 9.17) is 23.2 Å². The first-order chi connectivity index (χ1) is 20.6. The molecule has 0 aromatic heterocycles. The number of aromatic carboxylic acids is 2. The van der Waals surface area contributed by atoms with Crippen LogP contribution >= 0.6 is 23.2 Å². The molecular formula is C33H24Cl2N2O6. The van der Waals surface area contributed by atoms with Crippen LogP contribution in [-0.4, -0.2) is 34.0 Å². The van der Waals surface area contributed by atoms with E-state index >= 15 is 0 Å². The van der Waals surface area contributed by atoms with E-state index in [1.807, 2.05) is 0 Å². The van der Waals surface area contributed by atoms with Gasteiger partial charge in [-0.3, -0.25) is 9.59 Å². The van der Waals surface area contributed by atoms with Crippen LogP contribution in [0.2, 0.25) is 10.0 Å². The number of carboxylic acids is 2. The molecule has 4 N–H and O–H groups in total. The van der Waals surface area contributed by atoms with Crippen LogP contribution in [0.3, 0.4) is 0 Å². The van der Waals surface area contributed by atoms with Gasteiger partial charge in [-0.25, -0.2) is 9.59 Å². The molecule has 0 saturated heterocycles. The van der Waals surface area contributed by atoms with E-state index in [9.17, 15) is 29.4 Å². The van der Waals surface area contributed by atoms with Gasteiger partial charge in [0.05, 0.1) is 22.5 Å². The molecular weight excluding hydrogens is 591 g/mol. The number of hydrogen-bond acceptors (Lipinski definition) is 4. The quantitative estimate of drug-likeness (QED) is 0.139. The second-order valence-electron chi connectivity index (χ2n) is 9.24. The molecule has 0 atom stereocenters. The van der Waals surface area contributed by atoms with E-state index in [1.165, 1.54) is 48.6 Å². The minimum atomic E-state index is -1.25. The summed E-state index contributed by atoms with van der Waals surface area (Å²) in [4.78, 5) is 48.8. The van der Waals surface area contributed by atoms with Crippen molar-refractivity contribution in [2.24, 2.45) is 0 Å². The molecule has 0 aliphatic rings. The zero-order valence-corrected chi connectivity index (χ0v) is 23.9. The normalized spacial score (nSPS) is 11.0. The highest BCUT2D eigenvalue weighted by Gasteiger charge is 2.16. The Morgan fingerprint density at radius 3 is 1.37 bits per heavy atom. The lowest BCUT2D eigenvalue weighted by molar-refractivity contribution is -0.112. The molecule has 43 heavy (non-hydrogen) atoms. The summed E-state index contributed by atoms with van der Waals surface area (Å²) in [6, 6.07) is 22.9. The van der Waals surface area contributed by atoms with Crippen molar-refractivity contribution in [3.05, 3.63) is 141 Å². The van der Waals surface area contributed by atoms with Crippen LogP contribution in [0, 0.1) is 0 Å². The van der Waals surface area contributed by atoms with Gasteiger partial charge < -0.3 is 20.8 Å². The Morgan fingerprint density at radius 2 is 1.00 bits per heavy atom. The van der Waals surface area contributed by atoms with Crippen molar-refractivity contribution < 1.29 is 29.4 Å². The predicted octanol–water partition coefficient (Wildman–Crippen LogP) is 7.28. The molecule has 8 nitrogen and oxygen atoms in total. The Kier molecular flexibility index (Phi) is 10.1. The molecule has 216 valence electrons. The molecule has 4 aromatic rings. The topological polar surface area (TPSA) is 133 Å². The van der Waals surface area contributed by atoms with Gasteiger partial charge in [0.2, 0.25) is 11.8 Å². The lowest BCUT2D eigenvalue weighted by Gasteiger charge is -2.12. The smallest absolute Gasteiger partial charge is 0.337 e. The first-order valence-corrected chi connectivity index (χ1v) is 13.6. The summed E-state index contributed by atoms with van der Waals surface area (Å²) in [6.45, 7) is 0. The van der Waals surface area contributed by atoms with E-state index in [1.54, 1.807) is 60.7 Å². The van der Waals surface area contributed by atoms with Crippen molar-refractivity contribution in [2.75, 3.05) is 10.6 Å². The van der Waals surface area contributed by atoms with Crippen molar-refractivity contribution in [3.63, 3.8) is 0 Å². The van der Waals surface area contributed by atoms with Gasteiger partial charge in [-0.1, -0.05) is 71.7 Å². The third-order valence-electron chi connectivity index (χ3n) is 6.19. The van der Waals surface area contributed by atoms with Crippen molar-refractivity contribution in [3.8, 4) is 0 Å². The monoisotopic (exact) mass is 614 g/mol. The van der Waals surface area contributed by atoms with Gasteiger partial charge in [0.25, 0.3) is 0 Å². The molecule has 4 rings (SSSR count). The molecule has 0 aliphatic carbocycles. The average Bonchev–Trinajstić information content (AvgIpc) is 2.97. The molecule has 0 heterocycles. The van der Waals surface area contributed by atoms with Gasteiger partial charge in [-0.2, -0.15) is 0 Å². The van der Waals surface area contributed by atoms with Crippen LogP contribution in [0.15, 0.2) is 97.1 Å². The largest absolute Gasteiger partial charge is 0.478 e. The fraction of sp³-hybridized carbons (Fsp3) is 0.0303. The Bertz CT molecular complexity index is 1650. The third kappa shape index (κ3) is 8.42. The summed E-state index contributed by atoms with van der Waals surface area (Å²) in [5, 5.41) is 25.6. The molecule has 2 amide bonds. The molecule has 0 unspecified atom stereocenters. The number of carboxylic acid groups (broad SMARTS) is 2. The maximum Gasteiger partial charge on any atom is 0.337 e. The number of benzene rings is 4. The molecule has 0 saturated carbocycles. The van der Waals surface area contributed by atoms with Gasteiger partial charge in [-0.15, -0.1) is 0 Å². The van der Waals surface area contributed by atoms with Crippen LogP contribution in [0.5, 0.6) is 0 Å². The van der Waals surface area contributed by atoms with Crippen molar-refractivity contribution >= 4 is 70.5 Å². The van der Waals surface area contributed by atoms with E-state index < -0.39 is 23.8 Å². The van der Waals surface area contributed by atoms with Crippen LogP contribution < -0.4 is 10.6 Å². The van der Waals surface area contributed by atoms with Crippen LogP contribution in [0.4, 0.5) is 11.4 Å². The fourth-order valence-electron chi connectivity index (χ4n) is 4.11. The number of hydrogen-bond donors (Lipinski definition) is 4. The van der Waals surface area contributed by atoms with E-state index in [-0.39, 0.29) is 28.9 Å². The van der Waals surface area contributed by atoms with Gasteiger partial charge in [-0.05, 0) is 77.2 Å². The number of amides is 2. The number of halogens is 2. The van der Waals surface area contributed by atoms with Crippen LogP contribution in [0.25, 0.3) is 12.2 Å². The average molecular weight is 615 g/mol. The molecule has 0 spiro atoms. The van der Waals surface area contributed by atoms with E-state index in [0.717, 1.165) is 0 Å². The van der Waals surface area contributed by atoms with Crippen molar-refractivity contribution in [1.82, 2.24) is 0 Å². The minimum absolute atomic E-state index is 0.0965. The summed E-state index contributed by atoms with van der Waals surface area (Å²) >= 11 is 12.2. The molecule has 10 heteroatoms. The van der Waals surface area contributed by atoms with Gasteiger partial charge in [0.15, 0.2) is 0 Å². The second-order valence-corrected chi connectivity index (χ2v) is 10.0. The standard InChI is InChI=1S/C33H24Cl2N2O6/c34-26-7-3-1-5-22(26)11-15-30(38)36-28-13-9-20(18-24(28)32(40)41)17-21-10-14-29(25(19-21)33(42)43)37-31(39)16-12-23-6-2-4-8-27(23)35/h1-16,18-19H,17H2,(H,36,38)(H,37,39)(H,40,41)(H,42,43)/b15-11+,16-12+. The summed E-state index contributed by atoms with van der Waals surface area (Å²) in [7, 11) is 0. The van der Waals surface area contributed by atoms with Gasteiger partial charge >= 0.3 is 11.9 Å². The zero-order chi connectivity index (χ0) is 30.9. The molecule has 4 aromatic carbocycles. The zero-order valence-electron chi connectivity index (χ0n) is 22.4. The number of carbonyl (C=O) groups excluding carboxylic acids is 2. The molecule has 0 aliphatic heterocycles. The highest BCUT2D eigenvalue weighted by atomic mass is 35.5. The lowest BCUT2D eigenvalue weighted by Crippen LogP contribution is -2.13. The Morgan fingerprint density at radius 1 is 0.605 bits per heavy atom. The second kappa shape index (κ2) is 14.1. The Hall–Kier alpha value is -5.18. The van der Waals surface area contributed by atoms with Crippen LogP contribution in [-0.2, 0) is 16.0 Å². The third-order valence-corrected chi connectivity index (χ3v) is 6.88. The fourth-order valence-corrected chi connectivity index (χ4v) is 4.51. The highest BCUT2D eigenvalue weighted by Crippen LogP contribution is 2.24. The number of nitrogens with one attached hydrogen (secondary N) is 2. The van der Waals surface area contributed by atoms with Gasteiger partial charge in [0, 0.05) is 22.2 Å². The number of rotatable bonds is 10.